The SMILES string of the molecule is Cc1cc(C)cc(NC(=O)N2C[C@@H](C)Sc3ccccc32)c1. The number of urea groups is 1. The minimum Gasteiger partial charge on any atom is -0.308 e. The molecule has 0 saturated heterocycles. The number of nitrogens with one attached hydrogen (secondary N) is 1. The first-order valence-corrected chi connectivity index (χ1v) is 8.33. The standard InChI is InChI=1S/C18H20N2OS/c1-12-8-13(2)10-15(9-12)19-18(21)20-11-14(3)22-17-7-5-4-6-16(17)20/h4-10,14H,11H2,1-3H3,(H,19,21)/t14-/m1/s1. The van der Waals surface area contributed by atoms with Gasteiger partial charge in [-0.25, -0.2) is 4.79 Å². The van der Waals surface area contributed by atoms with Gasteiger partial charge in [-0.1, -0.05) is 25.1 Å². The van der Waals surface area contributed by atoms with Crippen molar-refractivity contribution < 1.29 is 4.79 Å². The summed E-state index contributed by atoms with van der Waals surface area (Å²) in [6.45, 7) is 6.95. The molecule has 0 spiro atoms. The van der Waals surface area contributed by atoms with Crippen LogP contribution < -0.4 is 10.2 Å². The third kappa shape index (κ3) is 3.12. The van der Waals surface area contributed by atoms with Crippen LogP contribution in [0.2, 0.25) is 0 Å². The minimum atomic E-state index is -0.0652. The van der Waals surface area contributed by atoms with Gasteiger partial charge in [0.05, 0.1) is 5.69 Å². The van der Waals surface area contributed by atoms with Crippen molar-refractivity contribution in [3.63, 3.8) is 0 Å². The Kier molecular flexibility index (Phi) is 4.12. The molecule has 3 nitrogen and oxygen atoms in total. The maximum absolute atomic E-state index is 12.7. The zero-order chi connectivity index (χ0) is 15.7. The molecule has 0 aromatic heterocycles. The molecule has 0 unspecified atom stereocenters. The molecule has 3 rings (SSSR count). The topological polar surface area (TPSA) is 32.3 Å². The van der Waals surface area contributed by atoms with Gasteiger partial charge in [-0.3, -0.25) is 4.90 Å². The van der Waals surface area contributed by atoms with Gasteiger partial charge in [0, 0.05) is 22.4 Å². The number of fused-ring (bicyclic) bond motifs is 1. The van der Waals surface area contributed by atoms with Crippen molar-refractivity contribution in [2.45, 2.75) is 30.9 Å². The van der Waals surface area contributed by atoms with Crippen molar-refractivity contribution in [1.82, 2.24) is 0 Å². The van der Waals surface area contributed by atoms with E-state index in [4.69, 9.17) is 0 Å². The molecule has 1 N–H and O–H groups in total. The maximum Gasteiger partial charge on any atom is 0.326 e. The predicted octanol–water partition coefficient (Wildman–Crippen LogP) is 4.84. The van der Waals surface area contributed by atoms with Crippen LogP contribution in [0.1, 0.15) is 18.1 Å². The first-order chi connectivity index (χ1) is 10.5. The summed E-state index contributed by atoms with van der Waals surface area (Å²) in [5.41, 5.74) is 4.15. The number of rotatable bonds is 1. The maximum atomic E-state index is 12.7. The number of anilines is 2. The number of carbonyl (C=O) groups excluding carboxylic acids is 1. The number of benzene rings is 2. The Hall–Kier alpha value is -1.94. The molecule has 114 valence electrons. The molecular weight excluding hydrogens is 292 g/mol. The molecular formula is C18H20N2OS. The summed E-state index contributed by atoms with van der Waals surface area (Å²) in [6, 6.07) is 14.1. The fraction of sp³-hybridized carbons (Fsp3) is 0.278. The highest BCUT2D eigenvalue weighted by Crippen LogP contribution is 2.38. The van der Waals surface area contributed by atoms with Crippen molar-refractivity contribution in [2.75, 3.05) is 16.8 Å². The van der Waals surface area contributed by atoms with E-state index in [1.54, 1.807) is 0 Å². The van der Waals surface area contributed by atoms with Crippen molar-refractivity contribution in [3.05, 3.63) is 53.6 Å². The van der Waals surface area contributed by atoms with Gasteiger partial charge in [0.2, 0.25) is 0 Å². The summed E-state index contributed by atoms with van der Waals surface area (Å²) >= 11 is 1.82. The Morgan fingerprint density at radius 2 is 1.86 bits per heavy atom. The molecule has 2 amide bonds. The van der Waals surface area contributed by atoms with Crippen molar-refractivity contribution in [1.29, 1.82) is 0 Å². The van der Waals surface area contributed by atoms with Gasteiger partial charge in [0.1, 0.15) is 0 Å². The highest BCUT2D eigenvalue weighted by Gasteiger charge is 2.26. The van der Waals surface area contributed by atoms with E-state index in [1.807, 2.05) is 60.8 Å². The predicted molar refractivity (Wildman–Crippen MR) is 94.0 cm³/mol. The number of hydrogen-bond donors (Lipinski definition) is 1. The normalized spacial score (nSPS) is 17.0. The van der Waals surface area contributed by atoms with Crippen LogP contribution in [0.15, 0.2) is 47.4 Å². The van der Waals surface area contributed by atoms with Crippen molar-refractivity contribution in [2.24, 2.45) is 0 Å². The molecule has 1 aliphatic heterocycles. The molecule has 0 fully saturated rings. The Morgan fingerprint density at radius 3 is 2.59 bits per heavy atom. The zero-order valence-electron chi connectivity index (χ0n) is 13.1. The van der Waals surface area contributed by atoms with Gasteiger partial charge in [-0.05, 0) is 49.2 Å². The van der Waals surface area contributed by atoms with Crippen LogP contribution in [-0.2, 0) is 0 Å². The number of hydrogen-bond acceptors (Lipinski definition) is 2. The first kappa shape index (κ1) is 15.0. The average Bonchev–Trinajstić information content (AvgIpc) is 2.45. The van der Waals surface area contributed by atoms with E-state index in [0.717, 1.165) is 33.9 Å². The van der Waals surface area contributed by atoms with Gasteiger partial charge in [0.15, 0.2) is 0 Å². The van der Waals surface area contributed by atoms with Crippen LogP contribution in [-0.4, -0.2) is 17.8 Å². The highest BCUT2D eigenvalue weighted by molar-refractivity contribution is 8.00. The van der Waals surface area contributed by atoms with Crippen LogP contribution in [0.4, 0.5) is 16.2 Å². The van der Waals surface area contributed by atoms with E-state index in [9.17, 15) is 4.79 Å². The molecule has 1 atom stereocenters. The third-order valence-electron chi connectivity index (χ3n) is 3.64. The van der Waals surface area contributed by atoms with Crippen LogP contribution in [0.3, 0.4) is 0 Å². The quantitative estimate of drug-likeness (QED) is 0.817. The van der Waals surface area contributed by atoms with E-state index in [1.165, 1.54) is 0 Å². The second-order valence-electron chi connectivity index (χ2n) is 5.81. The number of amides is 2. The average molecular weight is 312 g/mol. The van der Waals surface area contributed by atoms with E-state index >= 15 is 0 Å². The molecule has 4 heteroatoms. The molecule has 2 aromatic rings. The molecule has 0 radical (unpaired) electrons. The highest BCUT2D eigenvalue weighted by atomic mass is 32.2. The zero-order valence-corrected chi connectivity index (χ0v) is 13.9. The lowest BCUT2D eigenvalue weighted by Gasteiger charge is -2.32. The van der Waals surface area contributed by atoms with E-state index in [-0.39, 0.29) is 6.03 Å². The lowest BCUT2D eigenvalue weighted by Crippen LogP contribution is -2.41. The summed E-state index contributed by atoms with van der Waals surface area (Å²) in [5.74, 6) is 0. The van der Waals surface area contributed by atoms with E-state index < -0.39 is 0 Å². The van der Waals surface area contributed by atoms with Gasteiger partial charge >= 0.3 is 6.03 Å². The van der Waals surface area contributed by atoms with Gasteiger partial charge in [-0.2, -0.15) is 0 Å². The molecule has 0 bridgehead atoms. The van der Waals surface area contributed by atoms with Gasteiger partial charge < -0.3 is 5.32 Å². The second kappa shape index (κ2) is 6.05. The fourth-order valence-electron chi connectivity index (χ4n) is 2.82. The third-order valence-corrected chi connectivity index (χ3v) is 4.79. The smallest absolute Gasteiger partial charge is 0.308 e. The second-order valence-corrected chi connectivity index (χ2v) is 7.29. The molecule has 0 saturated carbocycles. The molecule has 1 aliphatic rings. The van der Waals surface area contributed by atoms with Crippen LogP contribution in [0.5, 0.6) is 0 Å². The van der Waals surface area contributed by atoms with Gasteiger partial charge in [0.25, 0.3) is 0 Å². The summed E-state index contributed by atoms with van der Waals surface area (Å²) in [6.07, 6.45) is 0. The van der Waals surface area contributed by atoms with Gasteiger partial charge in [-0.15, -0.1) is 11.8 Å². The van der Waals surface area contributed by atoms with Crippen molar-refractivity contribution in [3.8, 4) is 0 Å². The Labute approximate surface area is 135 Å². The summed E-state index contributed by atoms with van der Waals surface area (Å²) in [7, 11) is 0. The lowest BCUT2D eigenvalue weighted by molar-refractivity contribution is 0.256. The number of thioether (sulfide) groups is 1. The molecule has 0 aliphatic carbocycles. The molecule has 1 heterocycles. The Balaban J connectivity index is 1.86. The number of carbonyl (C=O) groups is 1. The molecule has 2 aromatic carbocycles. The van der Waals surface area contributed by atoms with E-state index in [0.29, 0.717) is 5.25 Å². The Bertz CT molecular complexity index is 694. The van der Waals surface area contributed by atoms with Crippen LogP contribution in [0.25, 0.3) is 0 Å². The fourth-order valence-corrected chi connectivity index (χ4v) is 3.93. The Morgan fingerprint density at radius 1 is 1.18 bits per heavy atom. The monoisotopic (exact) mass is 312 g/mol. The summed E-state index contributed by atoms with van der Waals surface area (Å²) in [4.78, 5) is 15.7. The largest absolute Gasteiger partial charge is 0.326 e. The summed E-state index contributed by atoms with van der Waals surface area (Å²) < 4.78 is 0. The number of para-hydroxylation sites is 1. The van der Waals surface area contributed by atoms with Crippen molar-refractivity contribution >= 4 is 29.2 Å². The summed E-state index contributed by atoms with van der Waals surface area (Å²) in [5, 5.41) is 3.42. The van der Waals surface area contributed by atoms with E-state index in [2.05, 4.69) is 24.4 Å². The number of nitrogens with zero attached hydrogens (tertiary/aromatic N) is 1. The molecule has 22 heavy (non-hydrogen) atoms. The van der Waals surface area contributed by atoms with Crippen LogP contribution >= 0.6 is 11.8 Å². The minimum absolute atomic E-state index is 0.0652. The number of aryl methyl sites for hydroxylation is 2. The van der Waals surface area contributed by atoms with Crippen LogP contribution in [0, 0.1) is 13.8 Å². The lowest BCUT2D eigenvalue weighted by atomic mass is 10.1. The first-order valence-electron chi connectivity index (χ1n) is 7.45.